The lowest BCUT2D eigenvalue weighted by Crippen LogP contribution is -1.91. The van der Waals surface area contributed by atoms with Gasteiger partial charge in [0.05, 0.1) is 6.20 Å². The topological polar surface area (TPSA) is 35.6 Å². The summed E-state index contributed by atoms with van der Waals surface area (Å²) >= 11 is 0. The zero-order valence-electron chi connectivity index (χ0n) is 11.9. The van der Waals surface area contributed by atoms with Crippen molar-refractivity contribution < 1.29 is 0 Å². The predicted octanol–water partition coefficient (Wildman–Crippen LogP) is 3.73. The molecule has 0 saturated heterocycles. The third-order valence-electron chi connectivity index (χ3n) is 3.59. The maximum Gasteiger partial charge on any atom is 0.156 e. The Bertz CT molecular complexity index is 876. The van der Waals surface area contributed by atoms with Crippen molar-refractivity contribution in [1.82, 2.24) is 19.1 Å². The van der Waals surface area contributed by atoms with Gasteiger partial charge in [-0.25, -0.2) is 9.97 Å². The average Bonchev–Trinajstić information content (AvgIpc) is 3.27. The van der Waals surface area contributed by atoms with Crippen LogP contribution in [0.15, 0.2) is 85.8 Å². The molecule has 2 aromatic carbocycles. The minimum atomic E-state index is 0.850. The predicted molar refractivity (Wildman–Crippen MR) is 86.1 cm³/mol. The molecule has 2 heterocycles. The maximum atomic E-state index is 4.42. The number of imidazole rings is 2. The summed E-state index contributed by atoms with van der Waals surface area (Å²) in [6.45, 7) is 0. The monoisotopic (exact) mass is 286 g/mol. The maximum absolute atomic E-state index is 4.42. The fourth-order valence-corrected chi connectivity index (χ4v) is 2.46. The van der Waals surface area contributed by atoms with Crippen LogP contribution in [0.2, 0.25) is 0 Å². The van der Waals surface area contributed by atoms with Crippen molar-refractivity contribution in [3.05, 3.63) is 85.8 Å². The van der Waals surface area contributed by atoms with Crippen LogP contribution in [0.5, 0.6) is 0 Å². The zero-order chi connectivity index (χ0) is 14.8. The molecule has 2 aromatic heterocycles. The van der Waals surface area contributed by atoms with E-state index >= 15 is 0 Å². The Morgan fingerprint density at radius 1 is 0.773 bits per heavy atom. The minimum Gasteiger partial charge on any atom is -0.304 e. The highest BCUT2D eigenvalue weighted by atomic mass is 15.2. The molecular weight excluding hydrogens is 272 g/mol. The second-order valence-electron chi connectivity index (χ2n) is 5.03. The second kappa shape index (κ2) is 5.33. The molecule has 0 aliphatic carbocycles. The van der Waals surface area contributed by atoms with Gasteiger partial charge < -0.3 is 4.57 Å². The molecule has 4 heteroatoms. The van der Waals surface area contributed by atoms with Crippen LogP contribution in [0.3, 0.4) is 0 Å². The number of nitrogens with zero attached hydrogens (tertiary/aromatic N) is 4. The molecule has 106 valence electrons. The first-order valence-electron chi connectivity index (χ1n) is 7.08. The molecule has 0 saturated carbocycles. The van der Waals surface area contributed by atoms with E-state index in [2.05, 4.69) is 58.5 Å². The van der Waals surface area contributed by atoms with E-state index < -0.39 is 0 Å². The summed E-state index contributed by atoms with van der Waals surface area (Å²) in [5, 5.41) is 0. The first-order chi connectivity index (χ1) is 10.9. The zero-order valence-corrected chi connectivity index (χ0v) is 11.9. The van der Waals surface area contributed by atoms with Crippen LogP contribution < -0.4 is 0 Å². The smallest absolute Gasteiger partial charge is 0.156 e. The van der Waals surface area contributed by atoms with Crippen LogP contribution in [0, 0.1) is 0 Å². The molecule has 22 heavy (non-hydrogen) atoms. The van der Waals surface area contributed by atoms with Crippen molar-refractivity contribution in [2.24, 2.45) is 0 Å². The van der Waals surface area contributed by atoms with E-state index in [0.29, 0.717) is 0 Å². The molecule has 0 aliphatic rings. The van der Waals surface area contributed by atoms with Crippen LogP contribution in [0.4, 0.5) is 0 Å². The lowest BCUT2D eigenvalue weighted by molar-refractivity contribution is 1.01. The van der Waals surface area contributed by atoms with Gasteiger partial charge in [0.15, 0.2) is 5.82 Å². The molecule has 0 N–H and O–H groups in total. The fourth-order valence-electron chi connectivity index (χ4n) is 2.46. The van der Waals surface area contributed by atoms with Crippen molar-refractivity contribution >= 4 is 0 Å². The number of aromatic nitrogens is 4. The second-order valence-corrected chi connectivity index (χ2v) is 5.03. The molecule has 0 spiro atoms. The van der Waals surface area contributed by atoms with Crippen LogP contribution in [-0.2, 0) is 0 Å². The highest BCUT2D eigenvalue weighted by Crippen LogP contribution is 2.22. The minimum absolute atomic E-state index is 0.850. The molecule has 4 nitrogen and oxygen atoms in total. The van der Waals surface area contributed by atoms with E-state index in [1.54, 1.807) is 12.5 Å². The van der Waals surface area contributed by atoms with Crippen molar-refractivity contribution in [2.45, 2.75) is 0 Å². The van der Waals surface area contributed by atoms with Crippen molar-refractivity contribution in [1.29, 1.82) is 0 Å². The third-order valence-corrected chi connectivity index (χ3v) is 3.59. The Labute approximate surface area is 128 Å². The van der Waals surface area contributed by atoms with Crippen LogP contribution in [0.1, 0.15) is 0 Å². The largest absolute Gasteiger partial charge is 0.304 e. The van der Waals surface area contributed by atoms with Crippen LogP contribution >= 0.6 is 0 Å². The van der Waals surface area contributed by atoms with E-state index in [4.69, 9.17) is 0 Å². The van der Waals surface area contributed by atoms with Gasteiger partial charge >= 0.3 is 0 Å². The Morgan fingerprint density at radius 2 is 1.64 bits per heavy atom. The highest BCUT2D eigenvalue weighted by Gasteiger charge is 2.04. The van der Waals surface area contributed by atoms with Crippen LogP contribution in [0.25, 0.3) is 22.6 Å². The lowest BCUT2D eigenvalue weighted by Gasteiger charge is -2.06. The van der Waals surface area contributed by atoms with Gasteiger partial charge in [0.25, 0.3) is 0 Å². The molecule has 0 unspecified atom stereocenters. The highest BCUT2D eigenvalue weighted by molar-refractivity contribution is 5.65. The molecular formula is C18H14N4. The van der Waals surface area contributed by atoms with E-state index in [1.807, 2.05) is 33.9 Å². The molecule has 4 aromatic rings. The SMILES string of the molecule is c1ccc(-c2cccc(-n3cnc(-n4ccnc4)c3)c2)cc1. The molecule has 0 aliphatic heterocycles. The van der Waals surface area contributed by atoms with Gasteiger partial charge in [-0.1, -0.05) is 42.5 Å². The summed E-state index contributed by atoms with van der Waals surface area (Å²) in [5.41, 5.74) is 3.48. The summed E-state index contributed by atoms with van der Waals surface area (Å²) < 4.78 is 3.90. The number of hydrogen-bond acceptors (Lipinski definition) is 2. The van der Waals surface area contributed by atoms with Gasteiger partial charge in [-0.05, 0) is 23.3 Å². The van der Waals surface area contributed by atoms with Crippen LogP contribution in [-0.4, -0.2) is 19.1 Å². The number of benzene rings is 2. The summed E-state index contributed by atoms with van der Waals surface area (Å²) in [6.07, 6.45) is 9.18. The summed E-state index contributed by atoms with van der Waals surface area (Å²) in [6, 6.07) is 18.8. The number of rotatable bonds is 3. The van der Waals surface area contributed by atoms with Gasteiger partial charge in [-0.2, -0.15) is 0 Å². The Hall–Kier alpha value is -3.14. The Morgan fingerprint density at radius 3 is 2.45 bits per heavy atom. The van der Waals surface area contributed by atoms with Gasteiger partial charge in [0, 0.05) is 18.1 Å². The first-order valence-corrected chi connectivity index (χ1v) is 7.08. The standard InChI is InChI=1S/C18H14N4/c1-2-5-15(6-3-1)16-7-4-8-17(11-16)22-12-18(20-14-22)21-10-9-19-13-21/h1-14H. The van der Waals surface area contributed by atoms with E-state index in [9.17, 15) is 0 Å². The molecule has 0 radical (unpaired) electrons. The van der Waals surface area contributed by atoms with E-state index in [-0.39, 0.29) is 0 Å². The van der Waals surface area contributed by atoms with Crippen molar-refractivity contribution in [3.8, 4) is 22.6 Å². The summed E-state index contributed by atoms with van der Waals surface area (Å²) in [4.78, 5) is 8.47. The number of hydrogen-bond donors (Lipinski definition) is 0. The molecule has 0 bridgehead atoms. The summed E-state index contributed by atoms with van der Waals surface area (Å²) in [7, 11) is 0. The quantitative estimate of drug-likeness (QED) is 0.575. The van der Waals surface area contributed by atoms with E-state index in [0.717, 1.165) is 11.5 Å². The van der Waals surface area contributed by atoms with Crippen molar-refractivity contribution in [2.75, 3.05) is 0 Å². The molecule has 0 amide bonds. The molecule has 0 fully saturated rings. The molecule has 0 atom stereocenters. The Balaban J connectivity index is 1.72. The fraction of sp³-hybridized carbons (Fsp3) is 0. The van der Waals surface area contributed by atoms with Gasteiger partial charge in [0.2, 0.25) is 0 Å². The third kappa shape index (κ3) is 2.31. The van der Waals surface area contributed by atoms with Gasteiger partial charge in [0.1, 0.15) is 12.7 Å². The average molecular weight is 286 g/mol. The lowest BCUT2D eigenvalue weighted by atomic mass is 10.1. The molecule has 4 rings (SSSR count). The first kappa shape index (κ1) is 12.6. The van der Waals surface area contributed by atoms with E-state index in [1.165, 1.54) is 11.1 Å². The normalized spacial score (nSPS) is 10.7. The van der Waals surface area contributed by atoms with Gasteiger partial charge in [-0.15, -0.1) is 0 Å². The van der Waals surface area contributed by atoms with Crippen molar-refractivity contribution in [3.63, 3.8) is 0 Å². The van der Waals surface area contributed by atoms with Gasteiger partial charge in [-0.3, -0.25) is 4.57 Å². The Kier molecular flexibility index (Phi) is 3.05. The summed E-state index contributed by atoms with van der Waals surface area (Å²) in [5.74, 6) is 0.850.